The molecule has 0 fully saturated rings. The van der Waals surface area contributed by atoms with Gasteiger partial charge in [-0.05, 0) is 37.0 Å². The molecule has 0 aromatic heterocycles. The molecule has 4 heteroatoms. The molecule has 1 aromatic rings. The van der Waals surface area contributed by atoms with Crippen molar-refractivity contribution in [2.24, 2.45) is 5.92 Å². The average molecular weight is 236 g/mol. The van der Waals surface area contributed by atoms with Gasteiger partial charge in [0.2, 0.25) is 0 Å². The number of hydrogen-bond donors (Lipinski definition) is 2. The van der Waals surface area contributed by atoms with E-state index in [9.17, 15) is 4.79 Å². The van der Waals surface area contributed by atoms with E-state index in [4.69, 9.17) is 16.2 Å². The van der Waals surface area contributed by atoms with E-state index in [0.717, 1.165) is 12.0 Å². The Morgan fingerprint density at radius 3 is 2.59 bits per heavy atom. The highest BCUT2D eigenvalue weighted by atomic mass is 16.5. The Balaban J connectivity index is 2.75. The molecule has 0 aliphatic carbocycles. The number of rotatable bonds is 4. The number of carbonyl (C=O) groups excluding carboxylic acids is 1. The van der Waals surface area contributed by atoms with E-state index in [1.165, 1.54) is 0 Å². The number of aryl methyl sites for hydroxylation is 1. The number of nitrogens with two attached hydrogens (primary N) is 2. The topological polar surface area (TPSA) is 78.3 Å². The minimum Gasteiger partial charge on any atom is -0.462 e. The Bertz CT molecular complexity index is 414. The molecule has 0 aliphatic rings. The summed E-state index contributed by atoms with van der Waals surface area (Å²) in [4.78, 5) is 11.8. The molecule has 0 atom stereocenters. The van der Waals surface area contributed by atoms with Gasteiger partial charge in [-0.15, -0.1) is 0 Å². The molecule has 0 unspecified atom stereocenters. The van der Waals surface area contributed by atoms with Gasteiger partial charge >= 0.3 is 5.97 Å². The molecule has 0 bridgehead atoms. The normalized spacial score (nSPS) is 10.6. The zero-order chi connectivity index (χ0) is 13.0. The predicted molar refractivity (Wildman–Crippen MR) is 69.7 cm³/mol. The summed E-state index contributed by atoms with van der Waals surface area (Å²) in [6.07, 6.45) is 0.840. The van der Waals surface area contributed by atoms with Crippen LogP contribution in [0.15, 0.2) is 12.1 Å². The summed E-state index contributed by atoms with van der Waals surface area (Å²) >= 11 is 0. The summed E-state index contributed by atoms with van der Waals surface area (Å²) in [6, 6.07) is 3.43. The van der Waals surface area contributed by atoms with Crippen molar-refractivity contribution in [3.05, 3.63) is 23.3 Å². The maximum Gasteiger partial charge on any atom is 0.340 e. The van der Waals surface area contributed by atoms with Gasteiger partial charge in [0.05, 0.1) is 23.5 Å². The van der Waals surface area contributed by atoms with Crippen molar-refractivity contribution >= 4 is 17.3 Å². The minimum atomic E-state index is -0.404. The number of benzene rings is 1. The van der Waals surface area contributed by atoms with Gasteiger partial charge in [-0.3, -0.25) is 0 Å². The molecule has 0 saturated heterocycles. The average Bonchev–Trinajstić information content (AvgIpc) is 2.22. The summed E-state index contributed by atoms with van der Waals surface area (Å²) in [6.45, 7) is 6.42. The number of ether oxygens (including phenoxy) is 1. The van der Waals surface area contributed by atoms with Crippen LogP contribution >= 0.6 is 0 Å². The largest absolute Gasteiger partial charge is 0.462 e. The van der Waals surface area contributed by atoms with Crippen molar-refractivity contribution in [1.82, 2.24) is 0 Å². The number of nitrogen functional groups attached to an aromatic ring is 2. The summed E-state index contributed by atoms with van der Waals surface area (Å²) in [5.74, 6) is 0.0984. The molecule has 0 heterocycles. The second kappa shape index (κ2) is 5.57. The second-order valence-corrected chi connectivity index (χ2v) is 4.63. The molecule has 0 amide bonds. The van der Waals surface area contributed by atoms with Crippen LogP contribution in [0, 0.1) is 12.8 Å². The third kappa shape index (κ3) is 3.66. The molecule has 0 saturated carbocycles. The number of esters is 1. The maximum atomic E-state index is 11.8. The zero-order valence-corrected chi connectivity index (χ0v) is 10.6. The third-order valence-electron chi connectivity index (χ3n) is 2.50. The van der Waals surface area contributed by atoms with Gasteiger partial charge in [0.25, 0.3) is 0 Å². The number of anilines is 2. The Morgan fingerprint density at radius 1 is 1.35 bits per heavy atom. The number of hydrogen-bond acceptors (Lipinski definition) is 4. The summed E-state index contributed by atoms with van der Waals surface area (Å²) in [5, 5.41) is 0. The van der Waals surface area contributed by atoms with Crippen LogP contribution in [0.3, 0.4) is 0 Å². The summed E-state index contributed by atoms with van der Waals surface area (Å²) < 4.78 is 5.16. The smallest absolute Gasteiger partial charge is 0.340 e. The highest BCUT2D eigenvalue weighted by Gasteiger charge is 2.14. The third-order valence-corrected chi connectivity index (χ3v) is 2.50. The molecule has 0 aliphatic heterocycles. The van der Waals surface area contributed by atoms with Crippen molar-refractivity contribution in [2.45, 2.75) is 27.2 Å². The van der Waals surface area contributed by atoms with Gasteiger partial charge in [-0.25, -0.2) is 4.79 Å². The first kappa shape index (κ1) is 13.4. The standard InChI is InChI=1S/C13H20N2O2/c1-8(2)4-5-17-13(16)10-6-9(3)7-11(14)12(10)15/h6-8H,4-5,14-15H2,1-3H3. The minimum absolute atomic E-state index is 0.296. The molecule has 94 valence electrons. The fourth-order valence-corrected chi connectivity index (χ4v) is 1.46. The lowest BCUT2D eigenvalue weighted by Gasteiger charge is -2.10. The fourth-order valence-electron chi connectivity index (χ4n) is 1.46. The maximum absolute atomic E-state index is 11.8. The monoisotopic (exact) mass is 236 g/mol. The van der Waals surface area contributed by atoms with Crippen LogP contribution in [0.4, 0.5) is 11.4 Å². The predicted octanol–water partition coefficient (Wildman–Crippen LogP) is 2.36. The molecular formula is C13H20N2O2. The van der Waals surface area contributed by atoms with Crippen LogP contribution in [-0.4, -0.2) is 12.6 Å². The van der Waals surface area contributed by atoms with Crippen LogP contribution in [-0.2, 0) is 4.74 Å². The van der Waals surface area contributed by atoms with E-state index in [0.29, 0.717) is 29.5 Å². The molecule has 4 nitrogen and oxygen atoms in total. The van der Waals surface area contributed by atoms with Crippen molar-refractivity contribution in [3.63, 3.8) is 0 Å². The van der Waals surface area contributed by atoms with Crippen molar-refractivity contribution < 1.29 is 9.53 Å². The molecular weight excluding hydrogens is 216 g/mol. The van der Waals surface area contributed by atoms with Crippen LogP contribution in [0.1, 0.15) is 36.2 Å². The lowest BCUT2D eigenvalue weighted by Crippen LogP contribution is -2.12. The van der Waals surface area contributed by atoms with Gasteiger partial charge in [0.15, 0.2) is 0 Å². The molecule has 17 heavy (non-hydrogen) atoms. The first-order valence-electron chi connectivity index (χ1n) is 5.74. The molecule has 1 aromatic carbocycles. The Morgan fingerprint density at radius 2 is 2.00 bits per heavy atom. The molecule has 0 spiro atoms. The van der Waals surface area contributed by atoms with E-state index in [1.54, 1.807) is 12.1 Å². The first-order valence-corrected chi connectivity index (χ1v) is 5.74. The quantitative estimate of drug-likeness (QED) is 0.621. The Kier molecular flexibility index (Phi) is 4.37. The van der Waals surface area contributed by atoms with Gasteiger partial charge in [0, 0.05) is 0 Å². The highest BCUT2D eigenvalue weighted by molar-refractivity contribution is 5.98. The van der Waals surface area contributed by atoms with Gasteiger partial charge < -0.3 is 16.2 Å². The van der Waals surface area contributed by atoms with Gasteiger partial charge in [0.1, 0.15) is 0 Å². The van der Waals surface area contributed by atoms with Crippen LogP contribution < -0.4 is 11.5 Å². The Hall–Kier alpha value is -1.71. The SMILES string of the molecule is Cc1cc(N)c(N)c(C(=O)OCCC(C)C)c1. The number of carbonyl (C=O) groups is 1. The molecule has 4 N–H and O–H groups in total. The summed E-state index contributed by atoms with van der Waals surface area (Å²) in [7, 11) is 0. The van der Waals surface area contributed by atoms with E-state index in [1.807, 2.05) is 6.92 Å². The molecule has 1 rings (SSSR count). The van der Waals surface area contributed by atoms with Crippen molar-refractivity contribution in [3.8, 4) is 0 Å². The van der Waals surface area contributed by atoms with E-state index < -0.39 is 5.97 Å². The van der Waals surface area contributed by atoms with Gasteiger partial charge in [-0.1, -0.05) is 13.8 Å². The van der Waals surface area contributed by atoms with Crippen LogP contribution in [0.25, 0.3) is 0 Å². The molecule has 0 radical (unpaired) electrons. The van der Waals surface area contributed by atoms with Crippen LogP contribution in [0.2, 0.25) is 0 Å². The van der Waals surface area contributed by atoms with E-state index in [-0.39, 0.29) is 0 Å². The first-order chi connectivity index (χ1) is 7.91. The van der Waals surface area contributed by atoms with Crippen molar-refractivity contribution in [2.75, 3.05) is 18.1 Å². The van der Waals surface area contributed by atoms with E-state index >= 15 is 0 Å². The van der Waals surface area contributed by atoms with E-state index in [2.05, 4.69) is 13.8 Å². The highest BCUT2D eigenvalue weighted by Crippen LogP contribution is 2.23. The Labute approximate surface area is 102 Å². The summed E-state index contributed by atoms with van der Waals surface area (Å²) in [5.41, 5.74) is 13.4. The van der Waals surface area contributed by atoms with Crippen LogP contribution in [0.5, 0.6) is 0 Å². The lowest BCUT2D eigenvalue weighted by molar-refractivity contribution is 0.0489. The van der Waals surface area contributed by atoms with Gasteiger partial charge in [-0.2, -0.15) is 0 Å². The second-order valence-electron chi connectivity index (χ2n) is 4.63. The lowest BCUT2D eigenvalue weighted by atomic mass is 10.1. The zero-order valence-electron chi connectivity index (χ0n) is 10.6. The fraction of sp³-hybridized carbons (Fsp3) is 0.462. The van der Waals surface area contributed by atoms with Crippen molar-refractivity contribution in [1.29, 1.82) is 0 Å².